The van der Waals surface area contributed by atoms with Crippen LogP contribution in [0.4, 0.5) is 10.6 Å². The Hall–Kier alpha value is -2.51. The number of rotatable bonds is 2. The average Bonchev–Trinajstić information content (AvgIpc) is 2.60. The number of carboxylic acid groups (broad SMARTS) is 1. The van der Waals surface area contributed by atoms with Gasteiger partial charge in [0.05, 0.1) is 11.1 Å². The van der Waals surface area contributed by atoms with Crippen LogP contribution in [0.25, 0.3) is 0 Å². The fraction of sp³-hybridized carbons (Fsp3) is 0.529. The van der Waals surface area contributed by atoms with E-state index in [1.165, 1.54) is 4.90 Å². The summed E-state index contributed by atoms with van der Waals surface area (Å²) in [4.78, 5) is 19.0. The molecule has 0 unspecified atom stereocenters. The molecule has 0 radical (unpaired) electrons. The lowest BCUT2D eigenvalue weighted by Crippen LogP contribution is -2.65. The van der Waals surface area contributed by atoms with Gasteiger partial charge in [-0.3, -0.25) is 0 Å². The number of hydrogen-bond donors (Lipinski definition) is 1. The molecule has 130 valence electrons. The highest BCUT2D eigenvalue weighted by molar-refractivity contribution is 6.30. The van der Waals surface area contributed by atoms with E-state index in [-0.39, 0.29) is 16.3 Å². The first-order valence-electron chi connectivity index (χ1n) is 8.25. The van der Waals surface area contributed by atoms with Crippen LogP contribution in [0.2, 0.25) is 5.15 Å². The van der Waals surface area contributed by atoms with Crippen molar-refractivity contribution < 1.29 is 9.90 Å². The molecule has 1 spiro atoms. The highest BCUT2D eigenvalue weighted by atomic mass is 35.5. The Bertz CT molecular complexity index is 803. The predicted molar refractivity (Wildman–Crippen MR) is 91.6 cm³/mol. The van der Waals surface area contributed by atoms with Crippen LogP contribution in [-0.2, 0) is 6.42 Å². The smallest absolute Gasteiger partial charge is 0.407 e. The molecule has 2 aliphatic rings. The Balaban J connectivity index is 1.98. The van der Waals surface area contributed by atoms with Crippen LogP contribution in [0.3, 0.4) is 0 Å². The Morgan fingerprint density at radius 2 is 1.84 bits per heavy atom. The highest BCUT2D eigenvalue weighted by Gasteiger charge is 2.48. The van der Waals surface area contributed by atoms with Crippen LogP contribution in [0.5, 0.6) is 0 Å². The molecule has 0 atom stereocenters. The summed E-state index contributed by atoms with van der Waals surface area (Å²) >= 11 is 6.20. The van der Waals surface area contributed by atoms with E-state index in [2.05, 4.69) is 16.0 Å². The Kier molecular flexibility index (Phi) is 4.45. The van der Waals surface area contributed by atoms with Crippen LogP contribution in [0.15, 0.2) is 0 Å². The van der Waals surface area contributed by atoms with E-state index in [0.717, 1.165) is 13.0 Å². The summed E-state index contributed by atoms with van der Waals surface area (Å²) in [5, 5.41) is 28.2. The molecular formula is C17H18ClN5O2. The second-order valence-corrected chi connectivity index (χ2v) is 6.79. The van der Waals surface area contributed by atoms with E-state index in [1.54, 1.807) is 0 Å². The molecule has 2 aliphatic heterocycles. The number of anilines is 1. The summed E-state index contributed by atoms with van der Waals surface area (Å²) in [6.07, 6.45) is 1.96. The van der Waals surface area contributed by atoms with E-state index in [1.807, 2.05) is 13.0 Å². The van der Waals surface area contributed by atoms with E-state index in [4.69, 9.17) is 16.7 Å². The molecule has 0 saturated carbocycles. The maximum absolute atomic E-state index is 11.1. The monoisotopic (exact) mass is 359 g/mol. The molecule has 1 aromatic heterocycles. The molecule has 8 heteroatoms. The number of hydrogen-bond acceptors (Lipinski definition) is 5. The predicted octanol–water partition coefficient (Wildman–Crippen LogP) is 2.76. The molecule has 2 fully saturated rings. The molecule has 0 aliphatic carbocycles. The SMILES string of the molecule is CCc1c(C#N)c(Cl)nc(N2CCC23CCN(C(=O)O)CC3)c1C#N. The van der Waals surface area contributed by atoms with Gasteiger partial charge in [-0.05, 0) is 31.2 Å². The van der Waals surface area contributed by atoms with Gasteiger partial charge >= 0.3 is 6.09 Å². The van der Waals surface area contributed by atoms with Gasteiger partial charge in [-0.15, -0.1) is 0 Å². The lowest BCUT2D eigenvalue weighted by molar-refractivity contribution is 0.0973. The Labute approximate surface area is 151 Å². The maximum Gasteiger partial charge on any atom is 0.407 e. The molecule has 0 bridgehead atoms. The number of nitrogens with zero attached hydrogens (tertiary/aromatic N) is 5. The topological polar surface area (TPSA) is 104 Å². The number of amides is 1. The number of carbonyl (C=O) groups is 1. The molecular weight excluding hydrogens is 342 g/mol. The standard InChI is InChI=1S/C17H18ClN5O2/c1-2-11-12(9-19)14(18)21-15(13(11)10-20)23-8-5-17(23)3-6-22(7-4-17)16(24)25/h2-8H2,1H3,(H,24,25). The fourth-order valence-electron chi connectivity index (χ4n) is 3.87. The molecule has 1 N–H and O–H groups in total. The van der Waals surface area contributed by atoms with Crippen molar-refractivity contribution >= 4 is 23.5 Å². The fourth-order valence-corrected chi connectivity index (χ4v) is 4.11. The average molecular weight is 360 g/mol. The molecule has 7 nitrogen and oxygen atoms in total. The van der Waals surface area contributed by atoms with Crippen LogP contribution in [0.1, 0.15) is 42.9 Å². The zero-order valence-electron chi connectivity index (χ0n) is 13.9. The third-order valence-electron chi connectivity index (χ3n) is 5.41. The summed E-state index contributed by atoms with van der Waals surface area (Å²) in [5.74, 6) is 0.526. The van der Waals surface area contributed by atoms with Crippen LogP contribution in [-0.4, -0.2) is 46.3 Å². The van der Waals surface area contributed by atoms with Crippen LogP contribution >= 0.6 is 11.6 Å². The van der Waals surface area contributed by atoms with Crippen molar-refractivity contribution in [3.05, 3.63) is 21.8 Å². The summed E-state index contributed by atoms with van der Waals surface area (Å²) in [6, 6.07) is 4.24. The first kappa shape index (κ1) is 17.3. The van der Waals surface area contributed by atoms with Gasteiger partial charge in [0, 0.05) is 25.2 Å². The number of pyridine rings is 1. The minimum absolute atomic E-state index is 0.123. The minimum atomic E-state index is -0.897. The molecule has 0 aromatic carbocycles. The first-order chi connectivity index (χ1) is 12.0. The van der Waals surface area contributed by atoms with E-state index in [9.17, 15) is 15.3 Å². The van der Waals surface area contributed by atoms with Crippen molar-refractivity contribution in [1.82, 2.24) is 9.88 Å². The van der Waals surface area contributed by atoms with Crippen molar-refractivity contribution in [2.24, 2.45) is 0 Å². The van der Waals surface area contributed by atoms with Crippen molar-refractivity contribution in [3.8, 4) is 12.1 Å². The highest BCUT2D eigenvalue weighted by Crippen LogP contribution is 2.44. The maximum atomic E-state index is 11.1. The molecule has 3 rings (SSSR count). The third-order valence-corrected chi connectivity index (χ3v) is 5.68. The zero-order chi connectivity index (χ0) is 18.2. The summed E-state index contributed by atoms with van der Waals surface area (Å²) in [5.41, 5.74) is 1.13. The molecule has 2 saturated heterocycles. The molecule has 25 heavy (non-hydrogen) atoms. The van der Waals surface area contributed by atoms with E-state index >= 15 is 0 Å². The van der Waals surface area contributed by atoms with Gasteiger partial charge in [0.2, 0.25) is 0 Å². The third kappa shape index (κ3) is 2.65. The molecule has 1 aromatic rings. The van der Waals surface area contributed by atoms with Gasteiger partial charge in [-0.1, -0.05) is 18.5 Å². The Morgan fingerprint density at radius 1 is 1.24 bits per heavy atom. The van der Waals surface area contributed by atoms with Crippen LogP contribution in [0, 0.1) is 22.7 Å². The number of likely N-dealkylation sites (tertiary alicyclic amines) is 1. The Morgan fingerprint density at radius 3 is 2.28 bits per heavy atom. The number of piperidine rings is 1. The number of aromatic nitrogens is 1. The summed E-state index contributed by atoms with van der Waals surface area (Å²) < 4.78 is 0. The van der Waals surface area contributed by atoms with E-state index in [0.29, 0.717) is 49.3 Å². The zero-order valence-corrected chi connectivity index (χ0v) is 14.7. The van der Waals surface area contributed by atoms with Crippen molar-refractivity contribution in [2.75, 3.05) is 24.5 Å². The summed E-state index contributed by atoms with van der Waals surface area (Å²) in [7, 11) is 0. The van der Waals surface area contributed by atoms with Gasteiger partial charge in [-0.2, -0.15) is 10.5 Å². The van der Waals surface area contributed by atoms with Gasteiger partial charge < -0.3 is 14.9 Å². The van der Waals surface area contributed by atoms with Crippen molar-refractivity contribution in [3.63, 3.8) is 0 Å². The van der Waals surface area contributed by atoms with Crippen molar-refractivity contribution in [2.45, 2.75) is 38.1 Å². The normalized spacial score (nSPS) is 18.4. The minimum Gasteiger partial charge on any atom is -0.465 e. The van der Waals surface area contributed by atoms with Gasteiger partial charge in [-0.25, -0.2) is 9.78 Å². The number of halogens is 1. The quantitative estimate of drug-likeness (QED) is 0.814. The number of nitriles is 2. The lowest BCUT2D eigenvalue weighted by Gasteiger charge is -2.57. The van der Waals surface area contributed by atoms with Gasteiger partial charge in [0.25, 0.3) is 0 Å². The van der Waals surface area contributed by atoms with E-state index < -0.39 is 6.09 Å². The first-order valence-corrected chi connectivity index (χ1v) is 8.63. The largest absolute Gasteiger partial charge is 0.465 e. The van der Waals surface area contributed by atoms with Crippen LogP contribution < -0.4 is 4.90 Å². The lowest BCUT2D eigenvalue weighted by atomic mass is 9.76. The van der Waals surface area contributed by atoms with Gasteiger partial charge in [0.1, 0.15) is 23.1 Å². The molecule has 1 amide bonds. The summed E-state index contributed by atoms with van der Waals surface area (Å²) in [6.45, 7) is 3.57. The van der Waals surface area contributed by atoms with Gasteiger partial charge in [0.15, 0.2) is 0 Å². The van der Waals surface area contributed by atoms with Crippen molar-refractivity contribution in [1.29, 1.82) is 10.5 Å². The second-order valence-electron chi connectivity index (χ2n) is 6.43. The second kappa shape index (κ2) is 6.42. The molecule has 3 heterocycles.